The van der Waals surface area contributed by atoms with Crippen LogP contribution in [0.4, 0.5) is 0 Å². The summed E-state index contributed by atoms with van der Waals surface area (Å²) < 4.78 is 0. The van der Waals surface area contributed by atoms with Crippen LogP contribution in [-0.4, -0.2) is 48.3 Å². The second kappa shape index (κ2) is 9.31. The van der Waals surface area contributed by atoms with Crippen LogP contribution in [0.1, 0.15) is 33.1 Å². The highest BCUT2D eigenvalue weighted by molar-refractivity contribution is 5.91. The summed E-state index contributed by atoms with van der Waals surface area (Å²) in [6.07, 6.45) is 6.17. The van der Waals surface area contributed by atoms with Crippen molar-refractivity contribution in [3.05, 3.63) is 24.4 Å². The third-order valence-corrected chi connectivity index (χ3v) is 3.24. The number of primary amides is 1. The summed E-state index contributed by atoms with van der Waals surface area (Å²) in [5.74, 6) is -0.129. The molecule has 5 heteroatoms. The van der Waals surface area contributed by atoms with E-state index in [1.807, 2.05) is 20.2 Å². The molecule has 1 aliphatic heterocycles. The molecule has 1 saturated heterocycles. The van der Waals surface area contributed by atoms with Gasteiger partial charge in [0.25, 0.3) is 0 Å². The number of amides is 2. The maximum Gasteiger partial charge on any atom is 0.244 e. The minimum atomic E-state index is -0.338. The van der Waals surface area contributed by atoms with Crippen molar-refractivity contribution in [3.8, 4) is 0 Å². The van der Waals surface area contributed by atoms with Crippen molar-refractivity contribution in [3.63, 3.8) is 0 Å². The number of hydrogen-bond donors (Lipinski definition) is 1. The molecule has 0 bridgehead atoms. The molecular formula is C15H27N3O2. The van der Waals surface area contributed by atoms with Crippen LogP contribution in [0.25, 0.3) is 0 Å². The fraction of sp³-hybridized carbons (Fsp3) is 0.600. The Morgan fingerprint density at radius 1 is 1.55 bits per heavy atom. The smallest absolute Gasteiger partial charge is 0.244 e. The van der Waals surface area contributed by atoms with Crippen molar-refractivity contribution >= 4 is 11.8 Å². The van der Waals surface area contributed by atoms with Gasteiger partial charge in [-0.05, 0) is 40.1 Å². The quantitative estimate of drug-likeness (QED) is 0.777. The van der Waals surface area contributed by atoms with Gasteiger partial charge in [0.15, 0.2) is 0 Å². The molecule has 0 spiro atoms. The van der Waals surface area contributed by atoms with Gasteiger partial charge in [0.1, 0.15) is 0 Å². The number of nitrogens with zero attached hydrogens (tertiary/aromatic N) is 2. The zero-order chi connectivity index (χ0) is 15.7. The van der Waals surface area contributed by atoms with Crippen LogP contribution in [0.15, 0.2) is 24.4 Å². The average molecular weight is 281 g/mol. The molecule has 0 aromatic heterocycles. The first kappa shape index (κ1) is 18.4. The minimum Gasteiger partial charge on any atom is -0.366 e. The predicted molar refractivity (Wildman–Crippen MR) is 81.9 cm³/mol. The van der Waals surface area contributed by atoms with Crippen LogP contribution in [0.3, 0.4) is 0 Å². The molecule has 0 aromatic rings. The molecule has 0 saturated carbocycles. The number of nitrogens with two attached hydrogens (primary N) is 1. The normalized spacial score (nSPS) is 16.8. The first-order chi connectivity index (χ1) is 9.33. The van der Waals surface area contributed by atoms with Gasteiger partial charge in [-0.1, -0.05) is 19.6 Å². The van der Waals surface area contributed by atoms with Crippen LogP contribution in [0, 0.1) is 0 Å². The molecule has 1 heterocycles. The van der Waals surface area contributed by atoms with Crippen molar-refractivity contribution in [1.82, 2.24) is 9.80 Å². The number of likely N-dealkylation sites (tertiary alicyclic amines) is 1. The average Bonchev–Trinajstić information content (AvgIpc) is 2.81. The Morgan fingerprint density at radius 2 is 2.15 bits per heavy atom. The molecule has 1 atom stereocenters. The van der Waals surface area contributed by atoms with E-state index in [2.05, 4.69) is 18.4 Å². The summed E-state index contributed by atoms with van der Waals surface area (Å²) in [4.78, 5) is 25.1. The Balaban J connectivity index is 0.000000388. The molecular weight excluding hydrogens is 254 g/mol. The summed E-state index contributed by atoms with van der Waals surface area (Å²) in [7, 11) is 3.97. The van der Waals surface area contributed by atoms with Gasteiger partial charge in [0.2, 0.25) is 11.8 Å². The number of carbonyl (C=O) groups is 2. The topological polar surface area (TPSA) is 66.6 Å². The largest absolute Gasteiger partial charge is 0.366 e. The number of likely N-dealkylation sites (N-methyl/N-ethyl adjacent to an activating group) is 1. The van der Waals surface area contributed by atoms with Gasteiger partial charge in [0, 0.05) is 24.6 Å². The maximum absolute atomic E-state index is 10.7. The van der Waals surface area contributed by atoms with Crippen LogP contribution < -0.4 is 5.73 Å². The number of rotatable bonds is 5. The summed E-state index contributed by atoms with van der Waals surface area (Å²) in [5, 5.41) is 0. The lowest BCUT2D eigenvalue weighted by Crippen LogP contribution is -2.26. The molecule has 0 aromatic carbocycles. The first-order valence-corrected chi connectivity index (χ1v) is 6.90. The molecule has 1 unspecified atom stereocenters. The Labute approximate surface area is 122 Å². The van der Waals surface area contributed by atoms with E-state index in [1.165, 1.54) is 0 Å². The lowest BCUT2D eigenvalue weighted by molar-refractivity contribution is -0.125. The van der Waals surface area contributed by atoms with Crippen molar-refractivity contribution in [2.24, 2.45) is 5.73 Å². The Bertz CT molecular complexity index is 375. The summed E-state index contributed by atoms with van der Waals surface area (Å²) in [6, 6.07) is 0.303. The van der Waals surface area contributed by atoms with E-state index in [9.17, 15) is 9.59 Å². The summed E-state index contributed by atoms with van der Waals surface area (Å²) >= 11 is 0. The number of carbonyl (C=O) groups excluding carboxylic acids is 2. The summed E-state index contributed by atoms with van der Waals surface area (Å²) in [6.45, 7) is 8.18. The molecule has 114 valence electrons. The van der Waals surface area contributed by atoms with Gasteiger partial charge in [-0.15, -0.1) is 0 Å². The minimum absolute atomic E-state index is 0.208. The number of hydrogen-bond acceptors (Lipinski definition) is 3. The van der Waals surface area contributed by atoms with E-state index in [-0.39, 0.29) is 11.8 Å². The standard InChI is InChI=1S/C9H18N2O.C6H9NO/c1-5-8(11(3)4)6-7(2)9(10)12;1-2-7-5-3-4-6(7)8/h6,8H,5H2,1-4H3,(H2,10,12);2H,1,3-5H2. The van der Waals surface area contributed by atoms with Crippen LogP contribution >= 0.6 is 0 Å². The Hall–Kier alpha value is -1.62. The zero-order valence-corrected chi connectivity index (χ0v) is 13.1. The zero-order valence-electron chi connectivity index (χ0n) is 13.1. The van der Waals surface area contributed by atoms with Crippen molar-refractivity contribution in [2.75, 3.05) is 20.6 Å². The molecule has 2 N–H and O–H groups in total. The Morgan fingerprint density at radius 3 is 2.40 bits per heavy atom. The van der Waals surface area contributed by atoms with Gasteiger partial charge < -0.3 is 15.5 Å². The molecule has 0 aliphatic carbocycles. The summed E-state index contributed by atoms with van der Waals surface area (Å²) in [5.41, 5.74) is 5.75. The van der Waals surface area contributed by atoms with Gasteiger partial charge in [0.05, 0.1) is 0 Å². The monoisotopic (exact) mass is 281 g/mol. The van der Waals surface area contributed by atoms with Crippen molar-refractivity contribution in [2.45, 2.75) is 39.2 Å². The highest BCUT2D eigenvalue weighted by Gasteiger charge is 2.16. The predicted octanol–water partition coefficient (Wildman–Crippen LogP) is 1.51. The van der Waals surface area contributed by atoms with E-state index in [4.69, 9.17) is 5.73 Å². The van der Waals surface area contributed by atoms with Gasteiger partial charge >= 0.3 is 0 Å². The third-order valence-electron chi connectivity index (χ3n) is 3.24. The molecule has 5 nitrogen and oxygen atoms in total. The van der Waals surface area contributed by atoms with E-state index >= 15 is 0 Å². The highest BCUT2D eigenvalue weighted by atomic mass is 16.2. The van der Waals surface area contributed by atoms with Crippen LogP contribution in [-0.2, 0) is 9.59 Å². The van der Waals surface area contributed by atoms with Gasteiger partial charge in [-0.25, -0.2) is 0 Å². The highest BCUT2D eigenvalue weighted by Crippen LogP contribution is 2.08. The fourth-order valence-corrected chi connectivity index (χ4v) is 1.86. The van der Waals surface area contributed by atoms with Gasteiger partial charge in [-0.3, -0.25) is 9.59 Å². The van der Waals surface area contributed by atoms with Crippen LogP contribution in [0.5, 0.6) is 0 Å². The van der Waals surface area contributed by atoms with E-state index in [1.54, 1.807) is 18.0 Å². The molecule has 2 amide bonds. The third kappa shape index (κ3) is 6.52. The first-order valence-electron chi connectivity index (χ1n) is 6.90. The second-order valence-corrected chi connectivity index (χ2v) is 5.03. The van der Waals surface area contributed by atoms with Crippen molar-refractivity contribution < 1.29 is 9.59 Å². The van der Waals surface area contributed by atoms with Crippen molar-refractivity contribution in [1.29, 1.82) is 0 Å². The SMILES string of the molecule is C=CN1CCCC1=O.CCC(C=C(C)C(N)=O)N(C)C. The molecule has 1 rings (SSSR count). The second-order valence-electron chi connectivity index (χ2n) is 5.03. The lowest BCUT2D eigenvalue weighted by Gasteiger charge is -2.19. The fourth-order valence-electron chi connectivity index (χ4n) is 1.86. The van der Waals surface area contributed by atoms with E-state index in [0.717, 1.165) is 19.4 Å². The van der Waals surface area contributed by atoms with Gasteiger partial charge in [-0.2, -0.15) is 0 Å². The molecule has 1 aliphatic rings. The van der Waals surface area contributed by atoms with E-state index in [0.29, 0.717) is 18.0 Å². The molecule has 1 fully saturated rings. The molecule has 20 heavy (non-hydrogen) atoms. The van der Waals surface area contributed by atoms with E-state index < -0.39 is 0 Å². The van der Waals surface area contributed by atoms with Crippen LogP contribution in [0.2, 0.25) is 0 Å². The maximum atomic E-state index is 10.7. The lowest BCUT2D eigenvalue weighted by atomic mass is 10.1. The Kier molecular flexibility index (Phi) is 8.56. The molecule has 0 radical (unpaired) electrons.